The van der Waals surface area contributed by atoms with Gasteiger partial charge in [-0.3, -0.25) is 9.89 Å². The van der Waals surface area contributed by atoms with Crippen molar-refractivity contribution < 1.29 is 19.8 Å². The van der Waals surface area contributed by atoms with Gasteiger partial charge in [0.25, 0.3) is 0 Å². The third kappa shape index (κ3) is 3.92. The summed E-state index contributed by atoms with van der Waals surface area (Å²) in [6.07, 6.45) is 2.79. The van der Waals surface area contributed by atoms with Gasteiger partial charge in [-0.2, -0.15) is 5.10 Å². The molecule has 3 rings (SSSR count). The monoisotopic (exact) mass is 356 g/mol. The standard InChI is InChI=1S/C9H12N2O4.C9H8N2/c1-9(8(14)15)3-4(7(12)13)2-5(10)6(9)11;1-2-4-8(5-3-1)9-6-7-10-11-9/h2H,3,10-11H2,1H3,(H,12,13)(H,14,15);1-7H,(H,10,11). The van der Waals surface area contributed by atoms with E-state index in [2.05, 4.69) is 10.2 Å². The number of hydrogen-bond donors (Lipinski definition) is 5. The number of hydrogen-bond acceptors (Lipinski definition) is 5. The number of aliphatic carboxylic acids is 2. The molecule has 1 unspecified atom stereocenters. The van der Waals surface area contributed by atoms with Crippen LogP contribution in [0.2, 0.25) is 0 Å². The second-order valence-electron chi connectivity index (χ2n) is 5.99. The number of carboxylic acids is 2. The predicted octanol–water partition coefficient (Wildman–Crippen LogP) is 1.70. The zero-order valence-electron chi connectivity index (χ0n) is 14.1. The quantitative estimate of drug-likeness (QED) is 0.560. The van der Waals surface area contributed by atoms with E-state index >= 15 is 0 Å². The molecule has 0 saturated heterocycles. The third-order valence-corrected chi connectivity index (χ3v) is 4.11. The predicted molar refractivity (Wildman–Crippen MR) is 95.5 cm³/mol. The van der Waals surface area contributed by atoms with Crippen molar-refractivity contribution >= 4 is 11.9 Å². The molecule has 8 heteroatoms. The summed E-state index contributed by atoms with van der Waals surface area (Å²) in [6.45, 7) is 1.35. The van der Waals surface area contributed by atoms with E-state index in [1.165, 1.54) is 18.6 Å². The third-order valence-electron chi connectivity index (χ3n) is 4.11. The van der Waals surface area contributed by atoms with Gasteiger partial charge in [0.05, 0.1) is 11.4 Å². The fourth-order valence-corrected chi connectivity index (χ4v) is 2.47. The van der Waals surface area contributed by atoms with Crippen molar-refractivity contribution in [3.8, 4) is 11.3 Å². The Labute approximate surface area is 149 Å². The fourth-order valence-electron chi connectivity index (χ4n) is 2.47. The first-order valence-corrected chi connectivity index (χ1v) is 7.73. The highest BCUT2D eigenvalue weighted by molar-refractivity contribution is 5.91. The van der Waals surface area contributed by atoms with E-state index in [1.54, 1.807) is 6.20 Å². The zero-order chi connectivity index (χ0) is 19.3. The average Bonchev–Trinajstić information content (AvgIpc) is 3.15. The highest BCUT2D eigenvalue weighted by Crippen LogP contribution is 2.36. The summed E-state index contributed by atoms with van der Waals surface area (Å²) in [4.78, 5) is 21.7. The van der Waals surface area contributed by atoms with Crippen molar-refractivity contribution in [2.45, 2.75) is 13.3 Å². The summed E-state index contributed by atoms with van der Waals surface area (Å²) in [5.74, 6) is -2.37. The Kier molecular flexibility index (Phi) is 5.46. The number of allylic oxidation sites excluding steroid dienone is 1. The van der Waals surface area contributed by atoms with Crippen LogP contribution in [0.1, 0.15) is 13.3 Å². The van der Waals surface area contributed by atoms with Crippen molar-refractivity contribution in [1.82, 2.24) is 10.2 Å². The Balaban J connectivity index is 0.000000195. The van der Waals surface area contributed by atoms with Crippen molar-refractivity contribution in [3.63, 3.8) is 0 Å². The van der Waals surface area contributed by atoms with E-state index in [9.17, 15) is 9.59 Å². The molecule has 0 fully saturated rings. The van der Waals surface area contributed by atoms with Gasteiger partial charge in [-0.1, -0.05) is 30.3 Å². The molecule has 0 radical (unpaired) electrons. The van der Waals surface area contributed by atoms with E-state index < -0.39 is 17.4 Å². The van der Waals surface area contributed by atoms with Crippen molar-refractivity contribution in [2.24, 2.45) is 16.9 Å². The van der Waals surface area contributed by atoms with E-state index in [0.29, 0.717) is 0 Å². The molecule has 0 bridgehead atoms. The number of aromatic nitrogens is 2. The van der Waals surface area contributed by atoms with Gasteiger partial charge in [0.2, 0.25) is 0 Å². The maximum atomic E-state index is 11.0. The molecule has 0 saturated carbocycles. The van der Waals surface area contributed by atoms with Crippen LogP contribution in [0.3, 0.4) is 0 Å². The summed E-state index contributed by atoms with van der Waals surface area (Å²) in [5, 5.41) is 24.5. The summed E-state index contributed by atoms with van der Waals surface area (Å²) >= 11 is 0. The largest absolute Gasteiger partial charge is 0.481 e. The highest BCUT2D eigenvalue weighted by atomic mass is 16.4. The molecule has 1 aromatic heterocycles. The lowest BCUT2D eigenvalue weighted by molar-refractivity contribution is -0.146. The zero-order valence-corrected chi connectivity index (χ0v) is 14.1. The van der Waals surface area contributed by atoms with Crippen molar-refractivity contribution in [1.29, 1.82) is 0 Å². The van der Waals surface area contributed by atoms with E-state index in [0.717, 1.165) is 5.69 Å². The molecule has 1 aromatic carbocycles. The van der Waals surface area contributed by atoms with Crippen LogP contribution in [0.5, 0.6) is 0 Å². The number of aromatic amines is 1. The second kappa shape index (κ2) is 7.56. The van der Waals surface area contributed by atoms with E-state index in [1.807, 2.05) is 36.4 Å². The molecule has 7 N–H and O–H groups in total. The Morgan fingerprint density at radius 1 is 1.15 bits per heavy atom. The normalized spacial score (nSPS) is 19.2. The summed E-state index contributed by atoms with van der Waals surface area (Å²) in [6, 6.07) is 12.1. The summed E-state index contributed by atoms with van der Waals surface area (Å²) < 4.78 is 0. The lowest BCUT2D eigenvalue weighted by atomic mass is 9.76. The van der Waals surface area contributed by atoms with Crippen molar-refractivity contribution in [2.75, 3.05) is 0 Å². The van der Waals surface area contributed by atoms with Crippen LogP contribution in [-0.2, 0) is 9.59 Å². The maximum absolute atomic E-state index is 11.0. The first kappa shape index (κ1) is 18.8. The highest BCUT2D eigenvalue weighted by Gasteiger charge is 2.41. The molecular weight excluding hydrogens is 336 g/mol. The van der Waals surface area contributed by atoms with Gasteiger partial charge in [-0.25, -0.2) is 4.79 Å². The maximum Gasteiger partial charge on any atom is 0.331 e. The number of carbonyl (C=O) groups is 2. The number of nitrogens with one attached hydrogen (secondary N) is 1. The Hall–Kier alpha value is -3.55. The molecule has 8 nitrogen and oxygen atoms in total. The van der Waals surface area contributed by atoms with E-state index in [-0.39, 0.29) is 23.4 Å². The molecule has 136 valence electrons. The van der Waals surface area contributed by atoms with Gasteiger partial charge in [0.15, 0.2) is 0 Å². The van der Waals surface area contributed by atoms with Crippen LogP contribution in [-0.4, -0.2) is 32.3 Å². The van der Waals surface area contributed by atoms with Crippen molar-refractivity contribution in [3.05, 3.63) is 65.6 Å². The summed E-state index contributed by atoms with van der Waals surface area (Å²) in [7, 11) is 0. The molecule has 1 heterocycles. The first-order chi connectivity index (χ1) is 12.3. The van der Waals surface area contributed by atoms with Crippen LogP contribution in [0.15, 0.2) is 65.6 Å². The molecule has 1 aliphatic carbocycles. The van der Waals surface area contributed by atoms with Crippen LogP contribution in [0.25, 0.3) is 11.3 Å². The molecule has 26 heavy (non-hydrogen) atoms. The summed E-state index contributed by atoms with van der Waals surface area (Å²) in [5.41, 5.74) is 11.8. The van der Waals surface area contributed by atoms with Crippen LogP contribution < -0.4 is 11.5 Å². The SMILES string of the molecule is CC1(C(=O)O)CC(C(=O)O)=CC(N)=C1N.c1ccc(-c2ccn[nH]2)cc1. The van der Waals surface area contributed by atoms with Gasteiger partial charge in [0, 0.05) is 23.9 Å². The van der Waals surface area contributed by atoms with Gasteiger partial charge < -0.3 is 21.7 Å². The molecule has 0 aliphatic heterocycles. The number of nitrogens with zero attached hydrogens (tertiary/aromatic N) is 1. The first-order valence-electron chi connectivity index (χ1n) is 7.73. The minimum absolute atomic E-state index is 0.000000000000000222. The van der Waals surface area contributed by atoms with Gasteiger partial charge in [-0.05, 0) is 24.6 Å². The number of rotatable bonds is 3. The van der Waals surface area contributed by atoms with Gasteiger partial charge >= 0.3 is 11.9 Å². The number of H-pyrrole nitrogens is 1. The second-order valence-corrected chi connectivity index (χ2v) is 5.99. The van der Waals surface area contributed by atoms with E-state index in [4.69, 9.17) is 21.7 Å². The minimum Gasteiger partial charge on any atom is -0.481 e. The number of nitrogens with two attached hydrogens (primary N) is 2. The molecule has 2 aromatic rings. The minimum atomic E-state index is -1.44. The Morgan fingerprint density at radius 2 is 1.81 bits per heavy atom. The smallest absolute Gasteiger partial charge is 0.331 e. The van der Waals surface area contributed by atoms with Crippen LogP contribution in [0.4, 0.5) is 0 Å². The molecule has 1 atom stereocenters. The molecule has 0 amide bonds. The van der Waals surface area contributed by atoms with Crippen LogP contribution >= 0.6 is 0 Å². The Morgan fingerprint density at radius 3 is 2.31 bits per heavy atom. The fraction of sp³-hybridized carbons (Fsp3) is 0.167. The Bertz CT molecular complexity index is 857. The molecule has 0 spiro atoms. The van der Waals surface area contributed by atoms with Crippen LogP contribution in [0, 0.1) is 5.41 Å². The molecular formula is C18H20N4O4. The number of carboxylic acid groups (broad SMARTS) is 2. The average molecular weight is 356 g/mol. The number of benzene rings is 1. The van der Waals surface area contributed by atoms with Gasteiger partial charge in [-0.15, -0.1) is 0 Å². The van der Waals surface area contributed by atoms with Gasteiger partial charge in [0.1, 0.15) is 5.41 Å². The lowest BCUT2D eigenvalue weighted by Crippen LogP contribution is -2.39. The molecule has 1 aliphatic rings. The topological polar surface area (TPSA) is 155 Å². The lowest BCUT2D eigenvalue weighted by Gasteiger charge is -2.29.